The number of carbonyl (C=O) groups is 2. The maximum absolute atomic E-state index is 13.2. The van der Waals surface area contributed by atoms with Gasteiger partial charge in [-0.2, -0.15) is 0 Å². The zero-order valence-corrected chi connectivity index (χ0v) is 16.9. The second-order valence-corrected chi connectivity index (χ2v) is 8.35. The zero-order chi connectivity index (χ0) is 21.7. The molecule has 6 nitrogen and oxygen atoms in total. The van der Waals surface area contributed by atoms with Gasteiger partial charge in [-0.05, 0) is 55.5 Å². The van der Waals surface area contributed by atoms with Crippen LogP contribution in [0.25, 0.3) is 0 Å². The number of nitrogens with one attached hydrogen (secondary N) is 1. The fraction of sp³-hybridized carbons (Fsp3) is 0.0909. The number of rotatable bonds is 7. The van der Waals surface area contributed by atoms with Crippen LogP contribution >= 0.6 is 0 Å². The van der Waals surface area contributed by atoms with E-state index in [1.807, 2.05) is 0 Å². The molecule has 154 valence electrons. The summed E-state index contributed by atoms with van der Waals surface area (Å²) in [5, 5.41) is 2.61. The van der Waals surface area contributed by atoms with Gasteiger partial charge < -0.3 is 5.32 Å². The van der Waals surface area contributed by atoms with E-state index in [1.165, 1.54) is 13.0 Å². The number of nitrogens with zero attached hydrogens (tertiary/aromatic N) is 1. The topological polar surface area (TPSA) is 83.6 Å². The lowest BCUT2D eigenvalue weighted by molar-refractivity contribution is -0.114. The normalized spacial score (nSPS) is 11.0. The van der Waals surface area contributed by atoms with Gasteiger partial charge in [0.25, 0.3) is 10.0 Å². The Kier molecular flexibility index (Phi) is 6.27. The van der Waals surface area contributed by atoms with Gasteiger partial charge in [-0.15, -0.1) is 0 Å². The van der Waals surface area contributed by atoms with Crippen LogP contribution in [0.5, 0.6) is 0 Å². The molecule has 0 unspecified atom stereocenters. The summed E-state index contributed by atoms with van der Waals surface area (Å²) in [5.74, 6) is -1.32. The molecule has 0 bridgehead atoms. The summed E-state index contributed by atoms with van der Waals surface area (Å²) in [6.45, 7) is 0.904. The second-order valence-electron chi connectivity index (χ2n) is 6.49. The number of benzene rings is 3. The minimum absolute atomic E-state index is 0.140. The number of hydrogen-bond acceptors (Lipinski definition) is 4. The van der Waals surface area contributed by atoms with Crippen LogP contribution in [0.1, 0.15) is 17.3 Å². The van der Waals surface area contributed by atoms with Crippen molar-refractivity contribution in [2.24, 2.45) is 0 Å². The second kappa shape index (κ2) is 8.87. The highest BCUT2D eigenvalue weighted by Crippen LogP contribution is 2.24. The SMILES string of the molecule is CC(=O)c1cccc(NC(=O)CN(c2ccccc2)S(=O)(=O)c2ccc(F)cc2)c1. The first-order chi connectivity index (χ1) is 14.3. The van der Waals surface area contributed by atoms with Gasteiger partial charge in [0.05, 0.1) is 10.6 Å². The molecule has 0 saturated carbocycles. The fourth-order valence-corrected chi connectivity index (χ4v) is 4.21. The van der Waals surface area contributed by atoms with Crippen molar-refractivity contribution in [3.8, 4) is 0 Å². The van der Waals surface area contributed by atoms with E-state index < -0.39 is 28.3 Å². The van der Waals surface area contributed by atoms with Crippen LogP contribution in [0.2, 0.25) is 0 Å². The van der Waals surface area contributed by atoms with Gasteiger partial charge >= 0.3 is 0 Å². The average molecular weight is 426 g/mol. The molecule has 0 fully saturated rings. The van der Waals surface area contributed by atoms with Crippen molar-refractivity contribution in [1.82, 2.24) is 0 Å². The Morgan fingerprint density at radius 2 is 1.60 bits per heavy atom. The molecule has 0 saturated heterocycles. The highest BCUT2D eigenvalue weighted by Gasteiger charge is 2.27. The number of hydrogen-bond donors (Lipinski definition) is 1. The van der Waals surface area contributed by atoms with Crippen molar-refractivity contribution in [2.45, 2.75) is 11.8 Å². The first-order valence-electron chi connectivity index (χ1n) is 9.01. The van der Waals surface area contributed by atoms with E-state index >= 15 is 0 Å². The maximum Gasteiger partial charge on any atom is 0.264 e. The lowest BCUT2D eigenvalue weighted by atomic mass is 10.1. The third kappa shape index (κ3) is 4.90. The molecule has 8 heteroatoms. The molecule has 1 amide bonds. The molecule has 0 aromatic heterocycles. The van der Waals surface area contributed by atoms with Crippen molar-refractivity contribution >= 4 is 33.1 Å². The summed E-state index contributed by atoms with van der Waals surface area (Å²) >= 11 is 0. The number of para-hydroxylation sites is 1. The van der Waals surface area contributed by atoms with Crippen LogP contribution in [-0.4, -0.2) is 26.7 Å². The summed E-state index contributed by atoms with van der Waals surface area (Å²) < 4.78 is 40.5. The predicted octanol–water partition coefficient (Wildman–Crippen LogP) is 3.86. The summed E-state index contributed by atoms with van der Waals surface area (Å²) in [6.07, 6.45) is 0. The molecule has 3 aromatic carbocycles. The maximum atomic E-state index is 13.2. The molecular formula is C22H19FN2O4S. The smallest absolute Gasteiger partial charge is 0.264 e. The number of anilines is 2. The molecule has 0 radical (unpaired) electrons. The molecule has 3 aromatic rings. The number of halogens is 1. The Labute approximate surface area is 174 Å². The van der Waals surface area contributed by atoms with Crippen LogP contribution in [0.4, 0.5) is 15.8 Å². The molecule has 0 spiro atoms. The van der Waals surface area contributed by atoms with E-state index in [4.69, 9.17) is 0 Å². The number of Topliss-reactive ketones (excluding diaryl/α,β-unsaturated/α-hetero) is 1. The Balaban J connectivity index is 1.90. The van der Waals surface area contributed by atoms with Crippen LogP contribution < -0.4 is 9.62 Å². The number of amides is 1. The molecule has 30 heavy (non-hydrogen) atoms. The monoisotopic (exact) mass is 426 g/mol. The first-order valence-corrected chi connectivity index (χ1v) is 10.5. The van der Waals surface area contributed by atoms with Crippen molar-refractivity contribution in [3.63, 3.8) is 0 Å². The number of carbonyl (C=O) groups excluding carboxylic acids is 2. The summed E-state index contributed by atoms with van der Waals surface area (Å²) in [6, 6.07) is 18.9. The largest absolute Gasteiger partial charge is 0.324 e. The summed E-state index contributed by atoms with van der Waals surface area (Å²) in [7, 11) is -4.13. The Morgan fingerprint density at radius 1 is 0.933 bits per heavy atom. The third-order valence-electron chi connectivity index (χ3n) is 4.29. The van der Waals surface area contributed by atoms with Gasteiger partial charge in [-0.25, -0.2) is 12.8 Å². The van der Waals surface area contributed by atoms with Crippen molar-refractivity contribution in [3.05, 3.63) is 90.2 Å². The van der Waals surface area contributed by atoms with Gasteiger partial charge in [-0.1, -0.05) is 30.3 Å². The van der Waals surface area contributed by atoms with Gasteiger partial charge in [0.1, 0.15) is 12.4 Å². The fourth-order valence-electron chi connectivity index (χ4n) is 2.79. The van der Waals surface area contributed by atoms with Crippen molar-refractivity contribution in [2.75, 3.05) is 16.2 Å². The number of sulfonamides is 1. The van der Waals surface area contributed by atoms with Crippen molar-refractivity contribution < 1.29 is 22.4 Å². The third-order valence-corrected chi connectivity index (χ3v) is 6.07. The summed E-state index contributed by atoms with van der Waals surface area (Å²) in [4.78, 5) is 24.0. The standard InChI is InChI=1S/C22H19FN2O4S/c1-16(26)17-6-5-7-19(14-17)24-22(27)15-25(20-8-3-2-4-9-20)30(28,29)21-12-10-18(23)11-13-21/h2-14H,15H2,1H3,(H,24,27). The Hall–Kier alpha value is -3.52. The van der Waals surface area contributed by atoms with Gasteiger partial charge in [0, 0.05) is 11.3 Å². The quantitative estimate of drug-likeness (QED) is 0.582. The molecule has 0 atom stereocenters. The number of ketones is 1. The molecule has 0 aliphatic heterocycles. The Morgan fingerprint density at radius 3 is 2.23 bits per heavy atom. The van der Waals surface area contributed by atoms with E-state index in [0.717, 1.165) is 28.6 Å². The van der Waals surface area contributed by atoms with Gasteiger partial charge in [0.15, 0.2) is 5.78 Å². The highest BCUT2D eigenvalue weighted by atomic mass is 32.2. The molecular weight excluding hydrogens is 407 g/mol. The van der Waals surface area contributed by atoms with E-state index in [0.29, 0.717) is 11.3 Å². The molecule has 0 aliphatic carbocycles. The van der Waals surface area contributed by atoms with Crippen molar-refractivity contribution in [1.29, 1.82) is 0 Å². The Bertz CT molecular complexity index is 1160. The van der Waals surface area contributed by atoms with Crippen LogP contribution in [0.3, 0.4) is 0 Å². The van der Waals surface area contributed by atoms with Crippen LogP contribution in [0, 0.1) is 5.82 Å². The van der Waals surface area contributed by atoms with E-state index in [-0.39, 0.29) is 16.4 Å². The highest BCUT2D eigenvalue weighted by molar-refractivity contribution is 7.92. The lowest BCUT2D eigenvalue weighted by Crippen LogP contribution is -2.38. The predicted molar refractivity (Wildman–Crippen MR) is 112 cm³/mol. The minimum atomic E-state index is -4.13. The minimum Gasteiger partial charge on any atom is -0.324 e. The summed E-state index contributed by atoms with van der Waals surface area (Å²) in [5.41, 5.74) is 1.08. The van der Waals surface area contributed by atoms with E-state index in [2.05, 4.69) is 5.32 Å². The molecule has 0 aliphatic rings. The lowest BCUT2D eigenvalue weighted by Gasteiger charge is -2.24. The zero-order valence-electron chi connectivity index (χ0n) is 16.1. The molecule has 3 rings (SSSR count). The van der Waals surface area contributed by atoms with E-state index in [1.54, 1.807) is 48.5 Å². The average Bonchev–Trinajstić information content (AvgIpc) is 2.73. The van der Waals surface area contributed by atoms with Crippen LogP contribution in [-0.2, 0) is 14.8 Å². The van der Waals surface area contributed by atoms with E-state index in [9.17, 15) is 22.4 Å². The van der Waals surface area contributed by atoms with Crippen LogP contribution in [0.15, 0.2) is 83.8 Å². The van der Waals surface area contributed by atoms with Gasteiger partial charge in [-0.3, -0.25) is 13.9 Å². The molecule has 1 N–H and O–H groups in total. The molecule has 0 heterocycles. The van der Waals surface area contributed by atoms with Gasteiger partial charge in [0.2, 0.25) is 5.91 Å². The first kappa shape index (κ1) is 21.2.